The minimum Gasteiger partial charge on any atom is -0.463 e. The van der Waals surface area contributed by atoms with Gasteiger partial charge in [-0.3, -0.25) is 4.79 Å². The van der Waals surface area contributed by atoms with Crippen molar-refractivity contribution in [3.05, 3.63) is 39.5 Å². The van der Waals surface area contributed by atoms with Gasteiger partial charge in [0, 0.05) is 5.70 Å². The Bertz CT molecular complexity index is 773. The number of benzene rings is 1. The van der Waals surface area contributed by atoms with E-state index in [9.17, 15) is 14.4 Å². The van der Waals surface area contributed by atoms with Crippen molar-refractivity contribution in [1.29, 1.82) is 0 Å². The number of rotatable bonds is 5. The van der Waals surface area contributed by atoms with Gasteiger partial charge in [-0.1, -0.05) is 19.9 Å². The van der Waals surface area contributed by atoms with Gasteiger partial charge < -0.3 is 20.1 Å². The number of ether oxygens (including phenoxy) is 2. The monoisotopic (exact) mass is 424 g/mol. The van der Waals surface area contributed by atoms with E-state index in [1.807, 2.05) is 0 Å². The summed E-state index contributed by atoms with van der Waals surface area (Å²) in [5, 5.41) is 5.30. The van der Waals surface area contributed by atoms with Crippen molar-refractivity contribution in [2.75, 3.05) is 6.61 Å². The van der Waals surface area contributed by atoms with Crippen LogP contribution in [0.4, 0.5) is 4.79 Å². The van der Waals surface area contributed by atoms with Gasteiger partial charge in [-0.15, -0.1) is 0 Å². The number of allylic oxidation sites excluding steroid dienone is 1. The lowest BCUT2D eigenvalue weighted by atomic mass is 9.95. The van der Waals surface area contributed by atoms with Crippen LogP contribution in [-0.2, 0) is 14.3 Å². The second-order valence-electron chi connectivity index (χ2n) is 6.06. The van der Waals surface area contributed by atoms with Gasteiger partial charge in [0.2, 0.25) is 0 Å². The fraction of sp³-hybridized carbons (Fsp3) is 0.389. The number of hydrogen-bond donors (Lipinski definition) is 2. The maximum absolute atomic E-state index is 12.3. The molecule has 1 heterocycles. The highest BCUT2D eigenvalue weighted by Crippen LogP contribution is 2.33. The molecule has 0 aromatic heterocycles. The van der Waals surface area contributed by atoms with Crippen molar-refractivity contribution in [3.63, 3.8) is 0 Å². The highest BCUT2D eigenvalue weighted by molar-refractivity contribution is 9.10. The third kappa shape index (κ3) is 4.43. The topological polar surface area (TPSA) is 93.7 Å². The summed E-state index contributed by atoms with van der Waals surface area (Å²) >= 11 is 3.37. The Morgan fingerprint density at radius 2 is 2.00 bits per heavy atom. The van der Waals surface area contributed by atoms with Crippen LogP contribution in [0.25, 0.3) is 0 Å². The Labute approximate surface area is 160 Å². The zero-order valence-electron chi connectivity index (χ0n) is 15.0. The fourth-order valence-corrected chi connectivity index (χ4v) is 2.91. The molecule has 1 aromatic carbocycles. The van der Waals surface area contributed by atoms with E-state index in [1.54, 1.807) is 45.9 Å². The summed E-state index contributed by atoms with van der Waals surface area (Å²) in [5.74, 6) is -0.747. The Morgan fingerprint density at radius 3 is 2.58 bits per heavy atom. The van der Waals surface area contributed by atoms with Crippen LogP contribution in [0.5, 0.6) is 5.75 Å². The summed E-state index contributed by atoms with van der Waals surface area (Å²) in [6, 6.07) is 3.93. The molecule has 2 amide bonds. The molecule has 2 N–H and O–H groups in total. The predicted octanol–water partition coefficient (Wildman–Crippen LogP) is 3.20. The van der Waals surface area contributed by atoms with Crippen LogP contribution in [0, 0.1) is 5.92 Å². The third-order valence-corrected chi connectivity index (χ3v) is 4.36. The molecule has 0 spiro atoms. The molecule has 0 saturated heterocycles. The molecule has 140 valence electrons. The van der Waals surface area contributed by atoms with Crippen molar-refractivity contribution in [2.45, 2.75) is 33.7 Å². The Balaban J connectivity index is 2.37. The number of amides is 2. The van der Waals surface area contributed by atoms with Crippen molar-refractivity contribution in [3.8, 4) is 5.75 Å². The van der Waals surface area contributed by atoms with Crippen LogP contribution in [-0.4, -0.2) is 24.6 Å². The van der Waals surface area contributed by atoms with Crippen molar-refractivity contribution >= 4 is 33.9 Å². The Kier molecular flexibility index (Phi) is 6.42. The Morgan fingerprint density at radius 1 is 1.31 bits per heavy atom. The van der Waals surface area contributed by atoms with Crippen LogP contribution < -0.4 is 15.4 Å². The maximum atomic E-state index is 12.3. The van der Waals surface area contributed by atoms with E-state index in [2.05, 4.69) is 26.6 Å². The Hall–Kier alpha value is -2.35. The maximum Gasteiger partial charge on any atom is 0.338 e. The van der Waals surface area contributed by atoms with E-state index in [4.69, 9.17) is 9.47 Å². The highest BCUT2D eigenvalue weighted by atomic mass is 79.9. The number of urea groups is 1. The van der Waals surface area contributed by atoms with E-state index >= 15 is 0 Å². The SMILES string of the molecule is CCOC(=O)C1=C(C)NC(=O)NC1c1ccc(OC(=O)C(C)C)c(Br)c1. The van der Waals surface area contributed by atoms with Gasteiger partial charge in [0.1, 0.15) is 5.75 Å². The minimum absolute atomic E-state index is 0.226. The standard InChI is InChI=1S/C18H21BrN2O5/c1-5-25-17(23)14-10(4)20-18(24)21-15(14)11-6-7-13(12(19)8-11)26-16(22)9(2)3/h6-9,15H,5H2,1-4H3,(H2,20,21,24). The molecule has 0 aliphatic carbocycles. The average Bonchev–Trinajstić information content (AvgIpc) is 2.55. The van der Waals surface area contributed by atoms with Crippen molar-refractivity contribution in [2.24, 2.45) is 5.92 Å². The first-order valence-corrected chi connectivity index (χ1v) is 9.00. The first-order chi connectivity index (χ1) is 12.2. The summed E-state index contributed by atoms with van der Waals surface area (Å²) < 4.78 is 11.0. The molecule has 0 fully saturated rings. The van der Waals surface area contributed by atoms with E-state index in [-0.39, 0.29) is 18.5 Å². The lowest BCUT2D eigenvalue weighted by molar-refractivity contribution is -0.139. The third-order valence-electron chi connectivity index (χ3n) is 3.74. The zero-order valence-corrected chi connectivity index (χ0v) is 16.6. The fourth-order valence-electron chi connectivity index (χ4n) is 2.43. The largest absolute Gasteiger partial charge is 0.463 e. The molecule has 1 aliphatic heterocycles. The molecule has 1 aliphatic rings. The molecule has 0 saturated carbocycles. The lowest BCUT2D eigenvalue weighted by Gasteiger charge is -2.28. The molecule has 0 radical (unpaired) electrons. The minimum atomic E-state index is -0.672. The number of carbonyl (C=O) groups is 3. The second kappa shape index (κ2) is 8.35. The second-order valence-corrected chi connectivity index (χ2v) is 6.91. The normalized spacial score (nSPS) is 16.8. The van der Waals surface area contributed by atoms with Crippen LogP contribution in [0.2, 0.25) is 0 Å². The molecule has 8 heteroatoms. The number of hydrogen-bond acceptors (Lipinski definition) is 5. The van der Waals surface area contributed by atoms with Crippen LogP contribution in [0.3, 0.4) is 0 Å². The van der Waals surface area contributed by atoms with Gasteiger partial charge in [0.05, 0.1) is 28.6 Å². The average molecular weight is 425 g/mol. The summed E-state index contributed by atoms with van der Waals surface area (Å²) in [6.45, 7) is 7.07. The first kappa shape index (κ1) is 20.0. The quantitative estimate of drug-likeness (QED) is 0.558. The van der Waals surface area contributed by atoms with E-state index < -0.39 is 18.0 Å². The van der Waals surface area contributed by atoms with Gasteiger partial charge in [-0.25, -0.2) is 9.59 Å². The molecule has 26 heavy (non-hydrogen) atoms. The number of carbonyl (C=O) groups excluding carboxylic acids is 3. The van der Waals surface area contributed by atoms with Gasteiger partial charge in [-0.05, 0) is 47.5 Å². The molecule has 2 rings (SSSR count). The molecule has 0 bridgehead atoms. The molecule has 1 atom stereocenters. The molecular weight excluding hydrogens is 404 g/mol. The molecule has 1 unspecified atom stereocenters. The summed E-state index contributed by atoms with van der Waals surface area (Å²) in [7, 11) is 0. The molecular formula is C18H21BrN2O5. The predicted molar refractivity (Wildman–Crippen MR) is 98.4 cm³/mol. The highest BCUT2D eigenvalue weighted by Gasteiger charge is 2.32. The van der Waals surface area contributed by atoms with Crippen LogP contribution >= 0.6 is 15.9 Å². The number of esters is 2. The first-order valence-electron chi connectivity index (χ1n) is 8.21. The molecule has 1 aromatic rings. The van der Waals surface area contributed by atoms with Gasteiger partial charge in [0.15, 0.2) is 0 Å². The van der Waals surface area contributed by atoms with Crippen molar-refractivity contribution < 1.29 is 23.9 Å². The smallest absolute Gasteiger partial charge is 0.338 e. The van der Waals surface area contributed by atoms with Gasteiger partial charge in [-0.2, -0.15) is 0 Å². The number of halogens is 1. The summed E-state index contributed by atoms with van der Waals surface area (Å²) in [6.07, 6.45) is 0. The van der Waals surface area contributed by atoms with Gasteiger partial charge in [0.25, 0.3) is 0 Å². The van der Waals surface area contributed by atoms with Crippen LogP contribution in [0.1, 0.15) is 39.3 Å². The van der Waals surface area contributed by atoms with Crippen LogP contribution in [0.15, 0.2) is 33.9 Å². The zero-order chi connectivity index (χ0) is 19.4. The van der Waals surface area contributed by atoms with E-state index in [1.165, 1.54) is 0 Å². The van der Waals surface area contributed by atoms with E-state index in [0.29, 0.717) is 27.1 Å². The van der Waals surface area contributed by atoms with Gasteiger partial charge >= 0.3 is 18.0 Å². The summed E-state index contributed by atoms with van der Waals surface area (Å²) in [4.78, 5) is 36.0. The van der Waals surface area contributed by atoms with E-state index in [0.717, 1.165) is 0 Å². The number of nitrogens with one attached hydrogen (secondary N) is 2. The molecule has 7 nitrogen and oxygen atoms in total. The van der Waals surface area contributed by atoms with Crippen molar-refractivity contribution in [1.82, 2.24) is 10.6 Å². The summed E-state index contributed by atoms with van der Waals surface area (Å²) in [5.41, 5.74) is 1.41. The lowest BCUT2D eigenvalue weighted by Crippen LogP contribution is -2.45.